The van der Waals surface area contributed by atoms with Gasteiger partial charge in [0, 0.05) is 13.0 Å². The lowest BCUT2D eigenvalue weighted by molar-refractivity contribution is -0.137. The Morgan fingerprint density at radius 1 is 0.494 bits per heavy atom. The molecule has 12 amide bonds. The summed E-state index contributed by atoms with van der Waals surface area (Å²) in [5, 5.41) is 51.7. The summed E-state index contributed by atoms with van der Waals surface area (Å²) in [7, 11) is 0. The molecule has 1 aromatic rings. The topological polar surface area (TPSA) is 598 Å². The Bertz CT molecular complexity index is 2480. The maximum absolute atomic E-state index is 14.6. The molecule has 14 atom stereocenters. The Kier molecular flexibility index (Phi) is 35.6. The number of aliphatic hydroxyl groups is 2. The normalized spacial score (nSPS) is 22.7. The number of aliphatic hydroxyl groups excluding tert-OH is 2. The average molecular weight is 1260 g/mol. The highest BCUT2D eigenvalue weighted by Gasteiger charge is 2.38. The van der Waals surface area contributed by atoms with Gasteiger partial charge in [-0.3, -0.25) is 57.5 Å². The smallest absolute Gasteiger partial charge is 0.245 e. The second-order valence-electron chi connectivity index (χ2n) is 22.1. The third-order valence-corrected chi connectivity index (χ3v) is 14.1. The third kappa shape index (κ3) is 27.0. The van der Waals surface area contributed by atoms with Crippen LogP contribution in [0.2, 0.25) is 0 Å². The first-order valence-corrected chi connectivity index (χ1v) is 29.9. The van der Waals surface area contributed by atoms with Gasteiger partial charge < -0.3 is 120 Å². The van der Waals surface area contributed by atoms with Gasteiger partial charge >= 0.3 is 0 Å². The summed E-state index contributed by atoms with van der Waals surface area (Å²) in [6.45, 7) is 4.39. The highest BCUT2D eigenvalue weighted by molar-refractivity contribution is 6.00. The Balaban J connectivity index is 2.70. The summed E-state index contributed by atoms with van der Waals surface area (Å²) in [5.74, 6) is -11.6. The van der Waals surface area contributed by atoms with Gasteiger partial charge in [0.1, 0.15) is 66.5 Å². The van der Waals surface area contributed by atoms with E-state index < -0.39 is 169 Å². The summed E-state index contributed by atoms with van der Waals surface area (Å²) in [6, 6.07) is -9.32. The van der Waals surface area contributed by atoms with Crippen LogP contribution < -0.4 is 110 Å². The number of carbonyl (C=O) groups is 12. The van der Waals surface area contributed by atoms with Gasteiger partial charge in [-0.25, -0.2) is 0 Å². The summed E-state index contributed by atoms with van der Waals surface area (Å²) in [5.41, 5.74) is 47.0. The van der Waals surface area contributed by atoms with Crippen LogP contribution in [-0.2, 0) is 64.0 Å². The number of hydrogen-bond acceptors (Lipinski definition) is 22. The van der Waals surface area contributed by atoms with Crippen molar-refractivity contribution >= 4 is 70.9 Å². The summed E-state index contributed by atoms with van der Waals surface area (Å²) in [4.78, 5) is 168. The lowest BCUT2D eigenvalue weighted by atomic mass is 10.00. The monoisotopic (exact) mass is 1260 g/mol. The molecular weight excluding hydrogens is 1160 g/mol. The van der Waals surface area contributed by atoms with Crippen LogP contribution in [-0.4, -0.2) is 218 Å². The SMILES string of the molecule is CC(C)C[C@@H]1NC(=O)[C@@H](Cc2ccccc2)NC(=O)[C@H](CCN)NC(=O)[C@@H](NC(=O)[C@H](CCN)NC(=O)[C@@H](NC(=O)[C@H](CCN)NC(=O)[C@@H](CCN)NC(=O)[C@@H](N)CCN)[C@@H](C)O)CCNC(=O)[C@H]([C@@H](C)O)NC(=O)[C@H](CCN)NC(=O)[C@H](CCN)NC1=O. The van der Waals surface area contributed by atoms with Crippen molar-refractivity contribution < 1.29 is 67.7 Å². The zero-order valence-corrected chi connectivity index (χ0v) is 51.2. The van der Waals surface area contributed by atoms with Crippen LogP contribution in [0.15, 0.2) is 30.3 Å². The van der Waals surface area contributed by atoms with Crippen molar-refractivity contribution in [3.05, 3.63) is 35.9 Å². The molecule has 0 aromatic heterocycles. The van der Waals surface area contributed by atoms with Crippen molar-refractivity contribution in [3.8, 4) is 0 Å². The molecule has 2 rings (SSSR count). The lowest BCUT2D eigenvalue weighted by Crippen LogP contribution is -2.62. The predicted octanol–water partition coefficient (Wildman–Crippen LogP) is -10.3. The van der Waals surface area contributed by atoms with E-state index >= 15 is 0 Å². The first-order chi connectivity index (χ1) is 42.2. The van der Waals surface area contributed by atoms with Gasteiger partial charge in [0.05, 0.1) is 18.2 Å². The van der Waals surface area contributed by atoms with Crippen molar-refractivity contribution in [2.75, 3.05) is 52.4 Å². The van der Waals surface area contributed by atoms with E-state index in [1.165, 1.54) is 6.92 Å². The first-order valence-electron chi connectivity index (χ1n) is 29.9. The molecule has 1 heterocycles. The number of nitrogens with two attached hydrogens (primary N) is 8. The number of rotatable bonds is 30. The van der Waals surface area contributed by atoms with Gasteiger partial charge in [0.25, 0.3) is 0 Å². The molecule has 34 heteroatoms. The van der Waals surface area contributed by atoms with Crippen LogP contribution in [0.25, 0.3) is 0 Å². The fourth-order valence-electron chi connectivity index (χ4n) is 9.17. The van der Waals surface area contributed by atoms with Crippen LogP contribution in [0.3, 0.4) is 0 Å². The van der Waals surface area contributed by atoms with Crippen molar-refractivity contribution in [2.24, 2.45) is 51.8 Å². The van der Waals surface area contributed by atoms with Gasteiger partial charge in [-0.2, -0.15) is 0 Å². The van der Waals surface area contributed by atoms with Crippen LogP contribution >= 0.6 is 0 Å². The molecule has 30 N–H and O–H groups in total. The molecule has 34 nitrogen and oxygen atoms in total. The Labute approximate surface area is 517 Å². The van der Waals surface area contributed by atoms with Crippen molar-refractivity contribution in [1.29, 1.82) is 0 Å². The number of hydrogen-bond donors (Lipinski definition) is 22. The van der Waals surface area contributed by atoms with Crippen LogP contribution in [0.4, 0.5) is 0 Å². The van der Waals surface area contributed by atoms with Crippen LogP contribution in [0, 0.1) is 5.92 Å². The Hall–Kier alpha value is -7.54. The first kappa shape index (κ1) is 77.6. The minimum absolute atomic E-state index is 0.0265. The molecule has 0 bridgehead atoms. The summed E-state index contributed by atoms with van der Waals surface area (Å²) >= 11 is 0. The number of nitrogens with one attached hydrogen (secondary N) is 12. The largest absolute Gasteiger partial charge is 0.391 e. The fourth-order valence-corrected chi connectivity index (χ4v) is 9.17. The minimum atomic E-state index is -1.83. The molecule has 0 unspecified atom stereocenters. The van der Waals surface area contributed by atoms with Gasteiger partial charge in [0.15, 0.2) is 0 Å². The summed E-state index contributed by atoms with van der Waals surface area (Å²) in [6.07, 6.45) is -5.02. The van der Waals surface area contributed by atoms with E-state index in [1.807, 2.05) is 0 Å². The van der Waals surface area contributed by atoms with E-state index in [4.69, 9.17) is 45.9 Å². The predicted molar refractivity (Wildman–Crippen MR) is 326 cm³/mol. The second kappa shape index (κ2) is 40.9. The second-order valence-corrected chi connectivity index (χ2v) is 22.1. The lowest BCUT2D eigenvalue weighted by Gasteiger charge is -2.29. The average Bonchev–Trinajstić information content (AvgIpc) is 3.00. The molecule has 0 radical (unpaired) electrons. The van der Waals surface area contributed by atoms with Gasteiger partial charge in [-0.1, -0.05) is 44.2 Å². The molecule has 0 saturated carbocycles. The third-order valence-electron chi connectivity index (χ3n) is 14.1. The highest BCUT2D eigenvalue weighted by Crippen LogP contribution is 2.12. The molecule has 1 aliphatic heterocycles. The maximum atomic E-state index is 14.6. The quantitative estimate of drug-likeness (QED) is 0.0340. The molecular formula is C55H98N20O14. The van der Waals surface area contributed by atoms with Gasteiger partial charge in [-0.15, -0.1) is 0 Å². The molecule has 1 saturated heterocycles. The van der Waals surface area contributed by atoms with E-state index in [0.29, 0.717) is 5.56 Å². The van der Waals surface area contributed by atoms with Crippen LogP contribution in [0.5, 0.6) is 0 Å². The number of carbonyl (C=O) groups excluding carboxylic acids is 12. The minimum Gasteiger partial charge on any atom is -0.391 e. The fraction of sp³-hybridized carbons (Fsp3) is 0.673. The van der Waals surface area contributed by atoms with E-state index in [9.17, 15) is 67.7 Å². The standard InChI is InChI=1S/C55H98N20O14/c1-28(2)26-40-52(86)69-34(12-20-58)46(80)68-37(15-23-61)50(84)74-42(29(3)76)54(88)64-25-17-39(49(83)66-35(13-21-59)48(82)73-41(53(87)72-40)27-31-8-6-5-7-9-31)70-47(81)36(14-22-60)71-55(89)43(30(4)77)75-51(85)38(16-24-62)67-45(79)33(11-19-57)65-44(78)32(63)10-18-56/h5-9,28-30,32-43,76-77H,10-27,56-63H2,1-4H3,(H,64,88)(H,65,78)(H,66,83)(H,67,79)(H,68,80)(H,69,86)(H,70,81)(H,71,89)(H,72,87)(H,73,82)(H,74,84)(H,75,85)/t29-,30-,32+,33-,34+,35+,36+,37+,38+,39+,40+,41-,42+,43+/m1/s1. The highest BCUT2D eigenvalue weighted by atomic mass is 16.3. The van der Waals surface area contributed by atoms with Crippen molar-refractivity contribution in [3.63, 3.8) is 0 Å². The Morgan fingerprint density at radius 2 is 0.910 bits per heavy atom. The molecule has 89 heavy (non-hydrogen) atoms. The van der Waals surface area contributed by atoms with E-state index in [2.05, 4.69) is 63.8 Å². The molecule has 1 aliphatic rings. The molecule has 0 aliphatic carbocycles. The van der Waals surface area contributed by atoms with Crippen LogP contribution in [0.1, 0.15) is 91.0 Å². The van der Waals surface area contributed by atoms with Gasteiger partial charge in [-0.05, 0) is 129 Å². The molecule has 1 fully saturated rings. The van der Waals surface area contributed by atoms with Crippen molar-refractivity contribution in [2.45, 2.75) is 177 Å². The maximum Gasteiger partial charge on any atom is 0.245 e. The molecule has 0 spiro atoms. The zero-order valence-electron chi connectivity index (χ0n) is 51.2. The summed E-state index contributed by atoms with van der Waals surface area (Å²) < 4.78 is 0. The molecule has 1 aromatic carbocycles. The van der Waals surface area contributed by atoms with Crippen molar-refractivity contribution in [1.82, 2.24) is 63.8 Å². The Morgan fingerprint density at radius 3 is 1.38 bits per heavy atom. The van der Waals surface area contributed by atoms with Gasteiger partial charge in [0.2, 0.25) is 70.9 Å². The number of amides is 12. The number of benzene rings is 1. The molecule has 502 valence electrons. The van der Waals surface area contributed by atoms with E-state index in [0.717, 1.165) is 6.92 Å². The van der Waals surface area contributed by atoms with E-state index in [1.54, 1.807) is 44.2 Å². The van der Waals surface area contributed by atoms with E-state index in [-0.39, 0.29) is 110 Å². The zero-order chi connectivity index (χ0) is 66.9.